The Balaban J connectivity index is 1.93. The van der Waals surface area contributed by atoms with E-state index in [9.17, 15) is 13.2 Å². The first kappa shape index (κ1) is 16.5. The fraction of sp³-hybridized carbons (Fsp3) is 0.278. The normalized spacial score (nSPS) is 14.6. The van der Waals surface area contributed by atoms with Gasteiger partial charge in [-0.15, -0.1) is 0 Å². The van der Waals surface area contributed by atoms with Crippen LogP contribution in [0.1, 0.15) is 28.8 Å². The highest BCUT2D eigenvalue weighted by molar-refractivity contribution is 7.92. The lowest BCUT2D eigenvalue weighted by Gasteiger charge is -2.23. The number of sulfonamides is 1. The van der Waals surface area contributed by atoms with Crippen LogP contribution in [0.4, 0.5) is 11.4 Å². The number of hydrogen-bond acceptors (Lipinski definition) is 3. The highest BCUT2D eigenvalue weighted by atomic mass is 32.2. The third-order valence-electron chi connectivity index (χ3n) is 4.02. The van der Waals surface area contributed by atoms with Gasteiger partial charge in [0.25, 0.3) is 5.91 Å². The monoisotopic (exact) mass is 344 g/mol. The fourth-order valence-electron chi connectivity index (χ4n) is 2.99. The van der Waals surface area contributed by atoms with Gasteiger partial charge in [0, 0.05) is 23.5 Å². The molecule has 2 aromatic carbocycles. The van der Waals surface area contributed by atoms with Gasteiger partial charge < -0.3 is 4.90 Å². The van der Waals surface area contributed by atoms with Crippen LogP contribution in [0.5, 0.6) is 0 Å². The number of fused-ring (bicyclic) bond motifs is 1. The van der Waals surface area contributed by atoms with Crippen molar-refractivity contribution in [2.45, 2.75) is 19.3 Å². The third kappa shape index (κ3) is 3.76. The second-order valence-corrected chi connectivity index (χ2v) is 7.75. The molecule has 1 heterocycles. The lowest BCUT2D eigenvalue weighted by molar-refractivity contribution is 0.0987. The van der Waals surface area contributed by atoms with E-state index in [1.807, 2.05) is 18.2 Å². The SMILES string of the molecule is CS(=O)(=O)Nc1cccc(C(=O)N2CCCCc3ccccc32)c1. The van der Waals surface area contributed by atoms with Crippen molar-refractivity contribution >= 4 is 27.3 Å². The summed E-state index contributed by atoms with van der Waals surface area (Å²) in [6.07, 6.45) is 4.06. The molecule has 1 N–H and O–H groups in total. The predicted molar refractivity (Wildman–Crippen MR) is 96.0 cm³/mol. The summed E-state index contributed by atoms with van der Waals surface area (Å²) < 4.78 is 25.2. The average Bonchev–Trinajstić information content (AvgIpc) is 2.75. The van der Waals surface area contributed by atoms with Crippen LogP contribution >= 0.6 is 0 Å². The van der Waals surface area contributed by atoms with Gasteiger partial charge in [-0.05, 0) is 49.1 Å². The largest absolute Gasteiger partial charge is 0.308 e. The number of carbonyl (C=O) groups excluding carboxylic acids is 1. The van der Waals surface area contributed by atoms with E-state index in [1.165, 1.54) is 5.56 Å². The maximum absolute atomic E-state index is 13.0. The third-order valence-corrected chi connectivity index (χ3v) is 4.62. The van der Waals surface area contributed by atoms with Gasteiger partial charge in [-0.1, -0.05) is 24.3 Å². The van der Waals surface area contributed by atoms with Gasteiger partial charge in [-0.2, -0.15) is 0 Å². The summed E-state index contributed by atoms with van der Waals surface area (Å²) in [5.41, 5.74) is 2.99. The van der Waals surface area contributed by atoms with E-state index < -0.39 is 10.0 Å². The van der Waals surface area contributed by atoms with Crippen molar-refractivity contribution in [3.05, 3.63) is 59.7 Å². The predicted octanol–water partition coefficient (Wildman–Crippen LogP) is 3.04. The Hall–Kier alpha value is -2.34. The number of nitrogens with one attached hydrogen (secondary N) is 1. The molecule has 2 aromatic rings. The lowest BCUT2D eigenvalue weighted by atomic mass is 10.1. The number of aryl methyl sites for hydroxylation is 1. The molecule has 1 aliphatic heterocycles. The average molecular weight is 344 g/mol. The molecule has 0 bridgehead atoms. The van der Waals surface area contributed by atoms with Gasteiger partial charge in [-0.25, -0.2) is 8.42 Å². The molecule has 1 amide bonds. The number of para-hydroxylation sites is 1. The number of carbonyl (C=O) groups is 1. The van der Waals surface area contributed by atoms with Crippen LogP contribution in [-0.2, 0) is 16.4 Å². The minimum Gasteiger partial charge on any atom is -0.308 e. The molecule has 0 radical (unpaired) electrons. The van der Waals surface area contributed by atoms with E-state index in [0.717, 1.165) is 31.2 Å². The van der Waals surface area contributed by atoms with Crippen molar-refractivity contribution in [1.29, 1.82) is 0 Å². The van der Waals surface area contributed by atoms with Gasteiger partial charge >= 0.3 is 0 Å². The molecule has 6 heteroatoms. The molecule has 1 aliphatic rings. The summed E-state index contributed by atoms with van der Waals surface area (Å²) in [5.74, 6) is -0.110. The van der Waals surface area contributed by atoms with Gasteiger partial charge in [-0.3, -0.25) is 9.52 Å². The van der Waals surface area contributed by atoms with Gasteiger partial charge in [0.05, 0.1) is 6.26 Å². The zero-order valence-electron chi connectivity index (χ0n) is 13.5. The zero-order chi connectivity index (χ0) is 17.2. The summed E-state index contributed by atoms with van der Waals surface area (Å²) in [6.45, 7) is 0.666. The van der Waals surface area contributed by atoms with E-state index in [0.29, 0.717) is 17.8 Å². The number of anilines is 2. The summed E-state index contributed by atoms with van der Waals surface area (Å²) >= 11 is 0. The van der Waals surface area contributed by atoms with Gasteiger partial charge in [0.2, 0.25) is 10.0 Å². The summed E-state index contributed by atoms with van der Waals surface area (Å²) in [6, 6.07) is 14.6. The molecule has 0 spiro atoms. The second kappa shape index (κ2) is 6.65. The van der Waals surface area contributed by atoms with E-state index in [-0.39, 0.29) is 5.91 Å². The fourth-order valence-corrected chi connectivity index (χ4v) is 3.54. The number of nitrogens with zero attached hydrogens (tertiary/aromatic N) is 1. The number of hydrogen-bond donors (Lipinski definition) is 1. The molecule has 0 fully saturated rings. The molecule has 3 rings (SSSR count). The molecule has 0 atom stereocenters. The van der Waals surface area contributed by atoms with Crippen LogP contribution in [0.3, 0.4) is 0 Å². The first-order chi connectivity index (χ1) is 11.4. The highest BCUT2D eigenvalue weighted by Gasteiger charge is 2.22. The summed E-state index contributed by atoms with van der Waals surface area (Å²) in [7, 11) is -3.37. The number of rotatable bonds is 3. The van der Waals surface area contributed by atoms with Crippen molar-refractivity contribution in [2.75, 3.05) is 22.4 Å². The standard InChI is InChI=1S/C18H20N2O3S/c1-24(22,23)19-16-10-6-9-15(13-16)18(21)20-12-5-4-8-14-7-2-3-11-17(14)20/h2-3,6-7,9-11,13,19H,4-5,8,12H2,1H3. The highest BCUT2D eigenvalue weighted by Crippen LogP contribution is 2.28. The van der Waals surface area contributed by atoms with Gasteiger partial charge in [0.15, 0.2) is 0 Å². The topological polar surface area (TPSA) is 66.5 Å². The number of benzene rings is 2. The van der Waals surface area contributed by atoms with Crippen LogP contribution in [0, 0.1) is 0 Å². The quantitative estimate of drug-likeness (QED) is 0.931. The maximum Gasteiger partial charge on any atom is 0.258 e. The minimum atomic E-state index is -3.37. The van der Waals surface area contributed by atoms with Crippen molar-refractivity contribution in [2.24, 2.45) is 0 Å². The minimum absolute atomic E-state index is 0.110. The molecular formula is C18H20N2O3S. The molecule has 0 saturated heterocycles. The zero-order valence-corrected chi connectivity index (χ0v) is 14.3. The molecule has 5 nitrogen and oxygen atoms in total. The molecule has 0 unspecified atom stereocenters. The van der Waals surface area contributed by atoms with Crippen LogP contribution in [0.15, 0.2) is 48.5 Å². The Bertz CT molecular complexity index is 862. The van der Waals surface area contributed by atoms with E-state index in [1.54, 1.807) is 29.2 Å². The first-order valence-electron chi connectivity index (χ1n) is 7.92. The van der Waals surface area contributed by atoms with Crippen LogP contribution in [0.2, 0.25) is 0 Å². The van der Waals surface area contributed by atoms with E-state index in [4.69, 9.17) is 0 Å². The summed E-state index contributed by atoms with van der Waals surface area (Å²) in [4.78, 5) is 14.8. The molecule has 126 valence electrons. The Morgan fingerprint density at radius 2 is 1.88 bits per heavy atom. The molecule has 24 heavy (non-hydrogen) atoms. The molecule has 0 aromatic heterocycles. The van der Waals surface area contributed by atoms with Crippen LogP contribution in [-0.4, -0.2) is 27.1 Å². The lowest BCUT2D eigenvalue weighted by Crippen LogP contribution is -2.31. The van der Waals surface area contributed by atoms with Gasteiger partial charge in [0.1, 0.15) is 0 Å². The van der Waals surface area contributed by atoms with E-state index >= 15 is 0 Å². The summed E-state index contributed by atoms with van der Waals surface area (Å²) in [5, 5.41) is 0. The Labute approximate surface area is 142 Å². The van der Waals surface area contributed by atoms with Crippen molar-refractivity contribution < 1.29 is 13.2 Å². The maximum atomic E-state index is 13.0. The molecule has 0 saturated carbocycles. The van der Waals surface area contributed by atoms with Crippen molar-refractivity contribution in [1.82, 2.24) is 0 Å². The van der Waals surface area contributed by atoms with Crippen molar-refractivity contribution in [3.8, 4) is 0 Å². The Kier molecular flexibility index (Phi) is 4.57. The van der Waals surface area contributed by atoms with E-state index in [2.05, 4.69) is 10.8 Å². The molecular weight excluding hydrogens is 324 g/mol. The van der Waals surface area contributed by atoms with Crippen molar-refractivity contribution in [3.63, 3.8) is 0 Å². The number of amides is 1. The van der Waals surface area contributed by atoms with Crippen LogP contribution in [0.25, 0.3) is 0 Å². The Morgan fingerprint density at radius 1 is 1.08 bits per heavy atom. The Morgan fingerprint density at radius 3 is 2.67 bits per heavy atom. The van der Waals surface area contributed by atoms with Crippen LogP contribution < -0.4 is 9.62 Å². The first-order valence-corrected chi connectivity index (χ1v) is 9.81. The second-order valence-electron chi connectivity index (χ2n) is 6.00. The molecule has 0 aliphatic carbocycles. The smallest absolute Gasteiger partial charge is 0.258 e.